The molecule has 2 rings (SSSR count). The SMILES string of the molecule is CC1(O)CCN(S(=O)(=O)c2cc(Br)cc(C(=O)O)c2F)C1. The Morgan fingerprint density at radius 2 is 2.10 bits per heavy atom. The van der Waals surface area contributed by atoms with Crippen LogP contribution in [-0.2, 0) is 10.0 Å². The summed E-state index contributed by atoms with van der Waals surface area (Å²) in [5, 5.41) is 18.8. The molecule has 1 saturated heterocycles. The van der Waals surface area contributed by atoms with E-state index in [0.29, 0.717) is 0 Å². The van der Waals surface area contributed by atoms with E-state index in [1.54, 1.807) is 0 Å². The normalized spacial score (nSPS) is 23.4. The van der Waals surface area contributed by atoms with Crippen molar-refractivity contribution >= 4 is 31.9 Å². The highest BCUT2D eigenvalue weighted by Crippen LogP contribution is 2.31. The predicted octanol–water partition coefficient (Wildman–Crippen LogP) is 1.43. The Labute approximate surface area is 129 Å². The molecule has 0 spiro atoms. The molecule has 2 N–H and O–H groups in total. The number of aromatic carboxylic acids is 1. The number of nitrogens with zero attached hydrogens (tertiary/aromatic N) is 1. The highest BCUT2D eigenvalue weighted by Gasteiger charge is 2.40. The van der Waals surface area contributed by atoms with Gasteiger partial charge in [0, 0.05) is 17.6 Å². The minimum Gasteiger partial charge on any atom is -0.478 e. The first-order valence-corrected chi connectivity index (χ1v) is 8.23. The molecule has 1 aliphatic heterocycles. The predicted molar refractivity (Wildman–Crippen MR) is 75.1 cm³/mol. The van der Waals surface area contributed by atoms with Crippen LogP contribution in [0.15, 0.2) is 21.5 Å². The summed E-state index contributed by atoms with van der Waals surface area (Å²) in [6, 6.07) is 2.01. The molecule has 1 fully saturated rings. The van der Waals surface area contributed by atoms with Crippen molar-refractivity contribution < 1.29 is 27.8 Å². The van der Waals surface area contributed by atoms with Gasteiger partial charge in [-0.2, -0.15) is 4.31 Å². The van der Waals surface area contributed by atoms with Gasteiger partial charge in [0.1, 0.15) is 4.90 Å². The maximum absolute atomic E-state index is 14.2. The lowest BCUT2D eigenvalue weighted by atomic mass is 10.1. The monoisotopic (exact) mass is 381 g/mol. The van der Waals surface area contributed by atoms with Crippen molar-refractivity contribution in [3.63, 3.8) is 0 Å². The summed E-state index contributed by atoms with van der Waals surface area (Å²) in [6.45, 7) is 1.37. The van der Waals surface area contributed by atoms with E-state index in [1.807, 2.05) is 0 Å². The van der Waals surface area contributed by atoms with Gasteiger partial charge in [0.05, 0.1) is 11.2 Å². The molecule has 1 unspecified atom stereocenters. The van der Waals surface area contributed by atoms with Crippen LogP contribution < -0.4 is 0 Å². The zero-order chi connectivity index (χ0) is 16.0. The van der Waals surface area contributed by atoms with E-state index in [4.69, 9.17) is 5.11 Å². The van der Waals surface area contributed by atoms with Gasteiger partial charge in [-0.25, -0.2) is 17.6 Å². The fourth-order valence-electron chi connectivity index (χ4n) is 2.16. The zero-order valence-corrected chi connectivity index (χ0v) is 13.4. The second-order valence-electron chi connectivity index (χ2n) is 5.16. The van der Waals surface area contributed by atoms with Gasteiger partial charge in [0.2, 0.25) is 10.0 Å². The quantitative estimate of drug-likeness (QED) is 0.825. The van der Waals surface area contributed by atoms with Crippen molar-refractivity contribution in [3.8, 4) is 0 Å². The maximum atomic E-state index is 14.2. The Morgan fingerprint density at radius 3 is 2.57 bits per heavy atom. The van der Waals surface area contributed by atoms with Crippen LogP contribution in [-0.4, -0.2) is 47.6 Å². The third-order valence-electron chi connectivity index (χ3n) is 3.27. The molecule has 1 heterocycles. The molecule has 0 bridgehead atoms. The highest BCUT2D eigenvalue weighted by atomic mass is 79.9. The van der Waals surface area contributed by atoms with E-state index in [2.05, 4.69) is 15.9 Å². The number of hydrogen-bond donors (Lipinski definition) is 2. The van der Waals surface area contributed by atoms with Gasteiger partial charge in [-0.3, -0.25) is 0 Å². The fraction of sp³-hybridized carbons (Fsp3) is 0.417. The summed E-state index contributed by atoms with van der Waals surface area (Å²) in [5.74, 6) is -2.86. The maximum Gasteiger partial charge on any atom is 0.338 e. The van der Waals surface area contributed by atoms with Crippen LogP contribution in [0.1, 0.15) is 23.7 Å². The molecule has 0 amide bonds. The standard InChI is InChI=1S/C12H13BrFNO5S/c1-12(18)2-3-15(6-12)21(19,20)9-5-7(13)4-8(10(9)14)11(16)17/h4-5,18H,2-3,6H2,1H3,(H,16,17). The van der Waals surface area contributed by atoms with Crippen LogP contribution in [0.2, 0.25) is 0 Å². The Hall–Kier alpha value is -1.03. The number of hydrogen-bond acceptors (Lipinski definition) is 4. The second kappa shape index (κ2) is 5.31. The van der Waals surface area contributed by atoms with Gasteiger partial charge in [-0.1, -0.05) is 15.9 Å². The van der Waals surface area contributed by atoms with E-state index in [-0.39, 0.29) is 24.0 Å². The Balaban J connectivity index is 2.53. The number of carbonyl (C=O) groups is 1. The Morgan fingerprint density at radius 1 is 1.48 bits per heavy atom. The highest BCUT2D eigenvalue weighted by molar-refractivity contribution is 9.10. The molecule has 1 aromatic carbocycles. The van der Waals surface area contributed by atoms with Crippen LogP contribution >= 0.6 is 15.9 Å². The molecule has 0 radical (unpaired) electrons. The van der Waals surface area contributed by atoms with Crippen molar-refractivity contribution in [1.82, 2.24) is 4.31 Å². The summed E-state index contributed by atoms with van der Waals surface area (Å²) in [5.41, 5.74) is -1.90. The topological polar surface area (TPSA) is 94.9 Å². The number of rotatable bonds is 3. The number of benzene rings is 1. The summed E-state index contributed by atoms with van der Waals surface area (Å²) < 4.78 is 40.1. The molecule has 0 aliphatic carbocycles. The van der Waals surface area contributed by atoms with Crippen LogP contribution in [0.5, 0.6) is 0 Å². The van der Waals surface area contributed by atoms with Gasteiger partial charge in [-0.05, 0) is 25.5 Å². The van der Waals surface area contributed by atoms with Gasteiger partial charge in [-0.15, -0.1) is 0 Å². The van der Waals surface area contributed by atoms with Gasteiger partial charge >= 0.3 is 5.97 Å². The van der Waals surface area contributed by atoms with Crippen molar-refractivity contribution in [2.75, 3.05) is 13.1 Å². The lowest BCUT2D eigenvalue weighted by Crippen LogP contribution is -2.34. The minimum atomic E-state index is -4.21. The summed E-state index contributed by atoms with van der Waals surface area (Å²) in [7, 11) is -4.21. The number of halogens is 2. The van der Waals surface area contributed by atoms with Crippen LogP contribution in [0, 0.1) is 5.82 Å². The molecule has 0 saturated carbocycles. The number of carboxylic acids is 1. The van der Waals surface area contributed by atoms with E-state index < -0.39 is 37.9 Å². The van der Waals surface area contributed by atoms with Crippen molar-refractivity contribution in [1.29, 1.82) is 0 Å². The lowest BCUT2D eigenvalue weighted by Gasteiger charge is -2.19. The van der Waals surface area contributed by atoms with Crippen LogP contribution in [0.3, 0.4) is 0 Å². The number of sulfonamides is 1. The minimum absolute atomic E-state index is 0.0453. The third kappa shape index (κ3) is 3.10. The molecule has 1 aromatic rings. The number of aliphatic hydroxyl groups is 1. The molecule has 1 aliphatic rings. The Kier molecular flexibility index (Phi) is 4.13. The number of carboxylic acid groups (broad SMARTS) is 1. The molecule has 0 aromatic heterocycles. The number of β-amino-alcohol motifs (C(OH)–C–C–N with tert-alkyl or cyclic N) is 1. The fourth-order valence-corrected chi connectivity index (χ4v) is 4.43. The van der Waals surface area contributed by atoms with Gasteiger partial charge in [0.25, 0.3) is 0 Å². The molecule has 116 valence electrons. The van der Waals surface area contributed by atoms with Crippen LogP contribution in [0.25, 0.3) is 0 Å². The van der Waals surface area contributed by atoms with Crippen LogP contribution in [0.4, 0.5) is 4.39 Å². The molecular weight excluding hydrogens is 369 g/mol. The zero-order valence-electron chi connectivity index (χ0n) is 11.0. The molecule has 6 nitrogen and oxygen atoms in total. The van der Waals surface area contributed by atoms with E-state index >= 15 is 0 Å². The van der Waals surface area contributed by atoms with Gasteiger partial charge in [0.15, 0.2) is 5.82 Å². The first-order chi connectivity index (χ1) is 9.54. The first kappa shape index (κ1) is 16.3. The molecule has 9 heteroatoms. The Bertz CT molecular complexity index is 704. The summed E-state index contributed by atoms with van der Waals surface area (Å²) in [6.07, 6.45) is 0.230. The summed E-state index contributed by atoms with van der Waals surface area (Å²) in [4.78, 5) is 10.3. The van der Waals surface area contributed by atoms with Crippen molar-refractivity contribution in [3.05, 3.63) is 28.0 Å². The average molecular weight is 382 g/mol. The molecule has 21 heavy (non-hydrogen) atoms. The third-order valence-corrected chi connectivity index (χ3v) is 5.57. The second-order valence-corrected chi connectivity index (χ2v) is 7.98. The largest absolute Gasteiger partial charge is 0.478 e. The average Bonchev–Trinajstić information content (AvgIpc) is 2.72. The van der Waals surface area contributed by atoms with E-state index in [0.717, 1.165) is 16.4 Å². The van der Waals surface area contributed by atoms with E-state index in [1.165, 1.54) is 6.92 Å². The smallest absolute Gasteiger partial charge is 0.338 e. The summed E-state index contributed by atoms with van der Waals surface area (Å²) >= 11 is 2.98. The van der Waals surface area contributed by atoms with Crippen molar-refractivity contribution in [2.45, 2.75) is 23.8 Å². The van der Waals surface area contributed by atoms with E-state index in [9.17, 15) is 22.7 Å². The molecule has 1 atom stereocenters. The molecular formula is C12H13BrFNO5S. The van der Waals surface area contributed by atoms with Crippen molar-refractivity contribution in [2.24, 2.45) is 0 Å². The lowest BCUT2D eigenvalue weighted by molar-refractivity contribution is 0.0689. The van der Waals surface area contributed by atoms with Gasteiger partial charge < -0.3 is 10.2 Å². The first-order valence-electron chi connectivity index (χ1n) is 5.99.